The third kappa shape index (κ3) is 4.73. The van der Waals surface area contributed by atoms with Crippen LogP contribution < -0.4 is 5.32 Å². The van der Waals surface area contributed by atoms with Crippen molar-refractivity contribution in [2.45, 2.75) is 32.9 Å². The molecule has 106 valence electrons. The number of nitrogens with one attached hydrogen (secondary N) is 1. The molecule has 0 unspecified atom stereocenters. The van der Waals surface area contributed by atoms with Crippen LogP contribution in [0.1, 0.15) is 25.6 Å². The van der Waals surface area contributed by atoms with Crippen LogP contribution in [0.15, 0.2) is 24.0 Å². The van der Waals surface area contributed by atoms with E-state index < -0.39 is 0 Å². The minimum Gasteiger partial charge on any atom is -0.349 e. The molecule has 1 aromatic heterocycles. The zero-order valence-corrected chi connectivity index (χ0v) is 12.1. The first kappa shape index (κ1) is 15.2. The van der Waals surface area contributed by atoms with Gasteiger partial charge in [-0.25, -0.2) is 0 Å². The number of hydrogen-bond acceptors (Lipinski definition) is 3. The molecule has 0 aliphatic carbocycles. The average Bonchev–Trinajstić information content (AvgIpc) is 2.87. The third-order valence-corrected chi connectivity index (χ3v) is 2.92. The molecule has 0 bridgehead atoms. The topological polar surface area (TPSA) is 58.3 Å². The monoisotopic (exact) mass is 264 g/mol. The number of nitrogens with zero attached hydrogens (tertiary/aromatic N) is 5. The predicted octanol–water partition coefficient (Wildman–Crippen LogP) is 1.27. The quantitative estimate of drug-likeness (QED) is 0.349. The van der Waals surface area contributed by atoms with Crippen molar-refractivity contribution in [1.29, 1.82) is 0 Å². The second-order valence-corrected chi connectivity index (χ2v) is 4.29. The van der Waals surface area contributed by atoms with Gasteiger partial charge in [-0.2, -0.15) is 0 Å². The molecule has 0 atom stereocenters. The fourth-order valence-electron chi connectivity index (χ4n) is 1.80. The lowest BCUT2D eigenvalue weighted by atomic mass is 10.3. The number of guanidine groups is 1. The van der Waals surface area contributed by atoms with Crippen molar-refractivity contribution in [2.75, 3.05) is 20.6 Å². The van der Waals surface area contributed by atoms with E-state index in [2.05, 4.69) is 38.9 Å². The van der Waals surface area contributed by atoms with Crippen LogP contribution in [0.25, 0.3) is 0 Å². The van der Waals surface area contributed by atoms with E-state index in [9.17, 15) is 0 Å². The molecule has 0 aliphatic heterocycles. The van der Waals surface area contributed by atoms with Crippen LogP contribution >= 0.6 is 0 Å². The zero-order valence-electron chi connectivity index (χ0n) is 12.1. The van der Waals surface area contributed by atoms with Crippen LogP contribution in [-0.2, 0) is 13.1 Å². The third-order valence-electron chi connectivity index (χ3n) is 2.92. The van der Waals surface area contributed by atoms with E-state index in [-0.39, 0.29) is 0 Å². The summed E-state index contributed by atoms with van der Waals surface area (Å²) in [6.45, 7) is 8.26. The maximum atomic E-state index is 4.27. The van der Waals surface area contributed by atoms with Gasteiger partial charge in [0.2, 0.25) is 0 Å². The average molecular weight is 264 g/mol. The normalized spacial score (nSPS) is 11.4. The Hall–Kier alpha value is -1.85. The van der Waals surface area contributed by atoms with Gasteiger partial charge in [0.1, 0.15) is 6.33 Å². The minimum atomic E-state index is 0.631. The predicted molar refractivity (Wildman–Crippen MR) is 78.0 cm³/mol. The number of aromatic nitrogens is 3. The van der Waals surface area contributed by atoms with Gasteiger partial charge in [-0.05, 0) is 19.8 Å². The summed E-state index contributed by atoms with van der Waals surface area (Å²) in [5, 5.41) is 11.3. The molecule has 0 saturated carbocycles. The first-order chi connectivity index (χ1) is 9.22. The lowest BCUT2D eigenvalue weighted by Crippen LogP contribution is -2.39. The minimum absolute atomic E-state index is 0.631. The SMILES string of the molecule is C=CCCCN(C)C(=NC)NCc1nncn1CC. The van der Waals surface area contributed by atoms with Crippen LogP contribution in [0.5, 0.6) is 0 Å². The van der Waals surface area contributed by atoms with Crippen LogP contribution in [-0.4, -0.2) is 46.3 Å². The lowest BCUT2D eigenvalue weighted by molar-refractivity contribution is 0.467. The molecule has 0 aromatic carbocycles. The Morgan fingerprint density at radius 3 is 3.05 bits per heavy atom. The van der Waals surface area contributed by atoms with Gasteiger partial charge in [0.15, 0.2) is 11.8 Å². The van der Waals surface area contributed by atoms with E-state index in [0.29, 0.717) is 6.54 Å². The number of aliphatic imine (C=N–C) groups is 1. The number of aryl methyl sites for hydroxylation is 1. The Morgan fingerprint density at radius 1 is 1.63 bits per heavy atom. The second-order valence-electron chi connectivity index (χ2n) is 4.29. The van der Waals surface area contributed by atoms with Gasteiger partial charge in [-0.15, -0.1) is 16.8 Å². The molecule has 6 nitrogen and oxygen atoms in total. The van der Waals surface area contributed by atoms with Gasteiger partial charge in [-0.1, -0.05) is 6.08 Å². The van der Waals surface area contributed by atoms with Crippen LogP contribution in [0.2, 0.25) is 0 Å². The van der Waals surface area contributed by atoms with Gasteiger partial charge < -0.3 is 14.8 Å². The van der Waals surface area contributed by atoms with Crippen LogP contribution in [0.4, 0.5) is 0 Å². The molecule has 0 aliphatic rings. The molecule has 19 heavy (non-hydrogen) atoms. The van der Waals surface area contributed by atoms with Gasteiger partial charge in [0, 0.05) is 27.2 Å². The number of hydrogen-bond donors (Lipinski definition) is 1. The van der Waals surface area contributed by atoms with Crippen molar-refractivity contribution in [3.8, 4) is 0 Å². The number of unbranched alkanes of at least 4 members (excludes halogenated alkanes) is 1. The summed E-state index contributed by atoms with van der Waals surface area (Å²) in [5.41, 5.74) is 0. The Morgan fingerprint density at radius 2 is 2.42 bits per heavy atom. The Labute approximate surface area is 115 Å². The number of allylic oxidation sites excluding steroid dienone is 1. The zero-order chi connectivity index (χ0) is 14.1. The van der Waals surface area contributed by atoms with E-state index in [0.717, 1.165) is 37.7 Å². The highest BCUT2D eigenvalue weighted by molar-refractivity contribution is 5.79. The summed E-state index contributed by atoms with van der Waals surface area (Å²) in [4.78, 5) is 6.38. The highest BCUT2D eigenvalue weighted by atomic mass is 15.3. The molecule has 0 amide bonds. The molecule has 1 N–H and O–H groups in total. The maximum absolute atomic E-state index is 4.27. The second kappa shape index (κ2) is 8.29. The summed E-state index contributed by atoms with van der Waals surface area (Å²) in [6.07, 6.45) is 5.78. The van der Waals surface area contributed by atoms with Crippen LogP contribution in [0.3, 0.4) is 0 Å². The molecule has 0 fully saturated rings. The summed E-state index contributed by atoms with van der Waals surface area (Å²) in [7, 11) is 3.82. The fraction of sp³-hybridized carbons (Fsp3) is 0.615. The standard InChI is InChI=1S/C13H24N6/c1-5-7-8-9-18(4)13(14-3)15-10-12-17-16-11-19(12)6-2/h5,11H,1,6-10H2,2-4H3,(H,14,15). The summed E-state index contributed by atoms with van der Waals surface area (Å²) < 4.78 is 2.01. The molecular formula is C13H24N6. The van der Waals surface area contributed by atoms with E-state index >= 15 is 0 Å². The Balaban J connectivity index is 2.46. The van der Waals surface area contributed by atoms with Gasteiger partial charge >= 0.3 is 0 Å². The van der Waals surface area contributed by atoms with Crippen molar-refractivity contribution in [1.82, 2.24) is 25.0 Å². The van der Waals surface area contributed by atoms with Crippen molar-refractivity contribution >= 4 is 5.96 Å². The first-order valence-corrected chi connectivity index (χ1v) is 6.62. The van der Waals surface area contributed by atoms with E-state index in [4.69, 9.17) is 0 Å². The highest BCUT2D eigenvalue weighted by Crippen LogP contribution is 1.97. The van der Waals surface area contributed by atoms with E-state index in [1.165, 1.54) is 0 Å². The molecule has 0 spiro atoms. The molecule has 1 aromatic rings. The fourth-order valence-corrected chi connectivity index (χ4v) is 1.80. The Kier molecular flexibility index (Phi) is 6.63. The summed E-state index contributed by atoms with van der Waals surface area (Å²) >= 11 is 0. The number of rotatable bonds is 7. The van der Waals surface area contributed by atoms with Crippen molar-refractivity contribution in [3.05, 3.63) is 24.8 Å². The largest absolute Gasteiger partial charge is 0.349 e. The summed E-state index contributed by atoms with van der Waals surface area (Å²) in [5.74, 6) is 1.79. The lowest BCUT2D eigenvalue weighted by Gasteiger charge is -2.21. The Bertz CT molecular complexity index is 409. The molecular weight excluding hydrogens is 240 g/mol. The molecule has 0 saturated heterocycles. The molecule has 1 heterocycles. The maximum Gasteiger partial charge on any atom is 0.193 e. The van der Waals surface area contributed by atoms with Crippen molar-refractivity contribution in [3.63, 3.8) is 0 Å². The van der Waals surface area contributed by atoms with Crippen molar-refractivity contribution < 1.29 is 0 Å². The van der Waals surface area contributed by atoms with E-state index in [1.54, 1.807) is 13.4 Å². The van der Waals surface area contributed by atoms with Gasteiger partial charge in [0.05, 0.1) is 6.54 Å². The van der Waals surface area contributed by atoms with Crippen LogP contribution in [0, 0.1) is 0 Å². The summed E-state index contributed by atoms with van der Waals surface area (Å²) in [6, 6.07) is 0. The molecule has 6 heteroatoms. The highest BCUT2D eigenvalue weighted by Gasteiger charge is 2.07. The van der Waals surface area contributed by atoms with Gasteiger partial charge in [-0.3, -0.25) is 4.99 Å². The molecule has 1 rings (SSSR count). The molecule has 0 radical (unpaired) electrons. The van der Waals surface area contributed by atoms with Gasteiger partial charge in [0.25, 0.3) is 0 Å². The van der Waals surface area contributed by atoms with Crippen molar-refractivity contribution in [2.24, 2.45) is 4.99 Å². The first-order valence-electron chi connectivity index (χ1n) is 6.62. The van der Waals surface area contributed by atoms with E-state index in [1.807, 2.05) is 17.7 Å². The smallest absolute Gasteiger partial charge is 0.193 e.